The van der Waals surface area contributed by atoms with Gasteiger partial charge in [0.2, 0.25) is 0 Å². The first-order chi connectivity index (χ1) is 9.63. The molecule has 0 atom stereocenters. The molecule has 4 aliphatic rings. The number of hydrogen-bond acceptors (Lipinski definition) is 2. The van der Waals surface area contributed by atoms with Crippen molar-refractivity contribution in [2.24, 2.45) is 23.2 Å². The zero-order valence-electron chi connectivity index (χ0n) is 11.5. The van der Waals surface area contributed by atoms with Crippen LogP contribution >= 0.6 is 15.9 Å². The number of nitrogens with one attached hydrogen (secondary N) is 2. The van der Waals surface area contributed by atoms with Crippen LogP contribution in [0.2, 0.25) is 0 Å². The average Bonchev–Trinajstić information content (AvgIpc) is 2.81. The topological polar surface area (TPSA) is 57.8 Å². The van der Waals surface area contributed by atoms with E-state index in [-0.39, 0.29) is 5.91 Å². The predicted molar refractivity (Wildman–Crippen MR) is 79.2 cm³/mol. The Hall–Kier alpha value is -0.840. The molecule has 4 aliphatic carbocycles. The Morgan fingerprint density at radius 1 is 1.30 bits per heavy atom. The molecule has 108 valence electrons. The Kier molecular flexibility index (Phi) is 2.95. The van der Waals surface area contributed by atoms with Crippen molar-refractivity contribution >= 4 is 21.8 Å². The summed E-state index contributed by atoms with van der Waals surface area (Å²) in [6.45, 7) is 0.834. The van der Waals surface area contributed by atoms with Gasteiger partial charge in [0, 0.05) is 6.54 Å². The van der Waals surface area contributed by atoms with Crippen molar-refractivity contribution in [1.29, 1.82) is 0 Å². The second-order valence-corrected chi connectivity index (χ2v) is 8.05. The molecular weight excluding hydrogens is 318 g/mol. The number of aromatic nitrogens is 2. The summed E-state index contributed by atoms with van der Waals surface area (Å²) in [5.41, 5.74) is 0.923. The van der Waals surface area contributed by atoms with E-state index >= 15 is 0 Å². The standard InChI is InChI=1S/C15H20BrN3O/c16-12-7-18-19-13(12)14(20)17-8-15-4-9-1-10(5-15)3-11(2-9)6-15/h7,9-11H,1-6,8H2,(H,17,20)(H,18,19). The van der Waals surface area contributed by atoms with E-state index < -0.39 is 0 Å². The third-order valence-corrected chi connectivity index (χ3v) is 6.21. The molecule has 0 spiro atoms. The van der Waals surface area contributed by atoms with E-state index in [0.29, 0.717) is 11.1 Å². The van der Waals surface area contributed by atoms with Crippen LogP contribution in [0.3, 0.4) is 0 Å². The number of hydrogen-bond donors (Lipinski definition) is 2. The van der Waals surface area contributed by atoms with Crippen molar-refractivity contribution in [3.63, 3.8) is 0 Å². The van der Waals surface area contributed by atoms with E-state index in [1.807, 2.05) is 0 Å². The Bertz CT molecular complexity index is 504. The number of halogens is 1. The van der Waals surface area contributed by atoms with Crippen molar-refractivity contribution < 1.29 is 4.79 Å². The molecule has 1 amide bonds. The molecular formula is C15H20BrN3O. The lowest BCUT2D eigenvalue weighted by Gasteiger charge is -2.56. The molecule has 0 saturated heterocycles. The van der Waals surface area contributed by atoms with Crippen LogP contribution in [-0.4, -0.2) is 22.6 Å². The smallest absolute Gasteiger partial charge is 0.270 e. The van der Waals surface area contributed by atoms with Gasteiger partial charge in [-0.25, -0.2) is 0 Å². The highest BCUT2D eigenvalue weighted by Gasteiger charge is 2.50. The van der Waals surface area contributed by atoms with Gasteiger partial charge in [-0.05, 0) is 77.6 Å². The quantitative estimate of drug-likeness (QED) is 0.890. The van der Waals surface area contributed by atoms with Gasteiger partial charge in [-0.3, -0.25) is 9.89 Å². The summed E-state index contributed by atoms with van der Waals surface area (Å²) in [5.74, 6) is 2.75. The highest BCUT2D eigenvalue weighted by atomic mass is 79.9. The summed E-state index contributed by atoms with van der Waals surface area (Å²) in [7, 11) is 0. The highest BCUT2D eigenvalue weighted by Crippen LogP contribution is 2.59. The van der Waals surface area contributed by atoms with Gasteiger partial charge in [0.05, 0.1) is 10.7 Å². The lowest BCUT2D eigenvalue weighted by Crippen LogP contribution is -2.51. The predicted octanol–water partition coefficient (Wildman–Crippen LogP) is 3.12. The normalized spacial score (nSPS) is 38.1. The second kappa shape index (κ2) is 4.58. The maximum atomic E-state index is 12.2. The van der Waals surface area contributed by atoms with Gasteiger partial charge in [-0.2, -0.15) is 5.10 Å². The number of nitrogens with zero attached hydrogens (tertiary/aromatic N) is 1. The Balaban J connectivity index is 1.45. The molecule has 1 aromatic rings. The molecule has 5 rings (SSSR count). The summed E-state index contributed by atoms with van der Waals surface area (Å²) >= 11 is 3.35. The molecule has 4 saturated carbocycles. The van der Waals surface area contributed by atoms with Gasteiger partial charge in [0.15, 0.2) is 0 Å². The molecule has 0 aromatic carbocycles. The molecule has 4 nitrogen and oxygen atoms in total. The highest BCUT2D eigenvalue weighted by molar-refractivity contribution is 9.10. The molecule has 0 aliphatic heterocycles. The second-order valence-electron chi connectivity index (χ2n) is 7.19. The van der Waals surface area contributed by atoms with Crippen molar-refractivity contribution in [3.05, 3.63) is 16.4 Å². The summed E-state index contributed by atoms with van der Waals surface area (Å²) in [4.78, 5) is 12.2. The maximum absolute atomic E-state index is 12.2. The summed E-state index contributed by atoms with van der Waals surface area (Å²) in [6, 6.07) is 0. The summed E-state index contributed by atoms with van der Waals surface area (Å²) < 4.78 is 0.737. The fourth-order valence-corrected chi connectivity index (χ4v) is 5.66. The molecule has 4 bridgehead atoms. The van der Waals surface area contributed by atoms with E-state index in [9.17, 15) is 4.79 Å². The number of rotatable bonds is 3. The SMILES string of the molecule is O=C(NCC12CC3CC(CC(C3)C1)C2)c1[nH]ncc1Br. The Morgan fingerprint density at radius 2 is 1.90 bits per heavy atom. The first kappa shape index (κ1) is 12.9. The van der Waals surface area contributed by atoms with Crippen LogP contribution in [0.4, 0.5) is 0 Å². The monoisotopic (exact) mass is 337 g/mol. The third kappa shape index (κ3) is 2.10. The number of aromatic amines is 1. The molecule has 0 unspecified atom stereocenters. The third-order valence-electron chi connectivity index (χ3n) is 5.61. The van der Waals surface area contributed by atoms with Crippen molar-refractivity contribution in [1.82, 2.24) is 15.5 Å². The minimum atomic E-state index is -0.0369. The van der Waals surface area contributed by atoms with Crippen LogP contribution in [0.25, 0.3) is 0 Å². The fraction of sp³-hybridized carbons (Fsp3) is 0.733. The molecule has 20 heavy (non-hydrogen) atoms. The van der Waals surface area contributed by atoms with Crippen LogP contribution in [0.5, 0.6) is 0 Å². The maximum Gasteiger partial charge on any atom is 0.270 e. The van der Waals surface area contributed by atoms with Gasteiger partial charge in [0.25, 0.3) is 5.91 Å². The largest absolute Gasteiger partial charge is 0.350 e. The van der Waals surface area contributed by atoms with Crippen molar-refractivity contribution in [2.45, 2.75) is 38.5 Å². The molecule has 4 fully saturated rings. The lowest BCUT2D eigenvalue weighted by atomic mass is 9.49. The first-order valence-corrected chi connectivity index (χ1v) is 8.40. The van der Waals surface area contributed by atoms with E-state index in [4.69, 9.17) is 0 Å². The van der Waals surface area contributed by atoms with Crippen LogP contribution in [0.1, 0.15) is 49.0 Å². The number of carbonyl (C=O) groups is 1. The van der Waals surface area contributed by atoms with E-state index in [2.05, 4.69) is 31.4 Å². The summed E-state index contributed by atoms with van der Waals surface area (Å²) in [5, 5.41) is 9.78. The minimum Gasteiger partial charge on any atom is -0.350 e. The zero-order valence-corrected chi connectivity index (χ0v) is 13.1. The molecule has 1 aromatic heterocycles. The van der Waals surface area contributed by atoms with Gasteiger partial charge < -0.3 is 5.32 Å². The van der Waals surface area contributed by atoms with Crippen LogP contribution in [0, 0.1) is 23.2 Å². The number of H-pyrrole nitrogens is 1. The number of carbonyl (C=O) groups excluding carboxylic acids is 1. The van der Waals surface area contributed by atoms with E-state index in [0.717, 1.165) is 28.8 Å². The zero-order chi connectivity index (χ0) is 13.7. The average molecular weight is 338 g/mol. The van der Waals surface area contributed by atoms with Gasteiger partial charge in [0.1, 0.15) is 5.69 Å². The summed E-state index contributed by atoms with van der Waals surface area (Å²) in [6.07, 6.45) is 9.92. The van der Waals surface area contributed by atoms with Gasteiger partial charge in [-0.15, -0.1) is 0 Å². The molecule has 5 heteroatoms. The first-order valence-electron chi connectivity index (χ1n) is 7.61. The molecule has 0 radical (unpaired) electrons. The molecule has 2 N–H and O–H groups in total. The van der Waals surface area contributed by atoms with Gasteiger partial charge >= 0.3 is 0 Å². The van der Waals surface area contributed by atoms with Crippen molar-refractivity contribution in [3.8, 4) is 0 Å². The Morgan fingerprint density at radius 3 is 2.40 bits per heavy atom. The Labute approximate surface area is 127 Å². The number of amides is 1. The van der Waals surface area contributed by atoms with E-state index in [1.54, 1.807) is 6.20 Å². The minimum absolute atomic E-state index is 0.0369. The van der Waals surface area contributed by atoms with Crippen LogP contribution < -0.4 is 5.32 Å². The van der Waals surface area contributed by atoms with Crippen LogP contribution in [-0.2, 0) is 0 Å². The molecule has 1 heterocycles. The van der Waals surface area contributed by atoms with E-state index in [1.165, 1.54) is 38.5 Å². The van der Waals surface area contributed by atoms with Crippen molar-refractivity contribution in [2.75, 3.05) is 6.54 Å². The fourth-order valence-electron chi connectivity index (χ4n) is 5.29. The lowest BCUT2D eigenvalue weighted by molar-refractivity contribution is -0.0503. The van der Waals surface area contributed by atoms with Crippen LogP contribution in [0.15, 0.2) is 10.7 Å². The van der Waals surface area contributed by atoms with Gasteiger partial charge in [-0.1, -0.05) is 0 Å².